The lowest BCUT2D eigenvalue weighted by Gasteiger charge is -2.34. The van der Waals surface area contributed by atoms with Gasteiger partial charge in [-0.3, -0.25) is 9.59 Å². The van der Waals surface area contributed by atoms with E-state index in [4.69, 9.17) is 33.1 Å². The SMILES string of the molecule is NCCCN1CCN(CCCN)CC1.N[C@@H](CSSC[C@H](N)C(=O)O)C(=O)O. The van der Waals surface area contributed by atoms with Gasteiger partial charge in [0.05, 0.1) is 0 Å². The molecule has 0 spiro atoms. The fourth-order valence-electron chi connectivity index (χ4n) is 2.25. The molecule has 0 aromatic carbocycles. The summed E-state index contributed by atoms with van der Waals surface area (Å²) in [6, 6.07) is -1.85. The molecule has 0 amide bonds. The molecule has 0 radical (unpaired) electrons. The highest BCUT2D eigenvalue weighted by Gasteiger charge is 2.15. The Morgan fingerprint density at radius 2 is 1.11 bits per heavy atom. The van der Waals surface area contributed by atoms with E-state index in [2.05, 4.69) is 9.80 Å². The first kappa shape index (κ1) is 27.4. The predicted molar refractivity (Wildman–Crippen MR) is 116 cm³/mol. The van der Waals surface area contributed by atoms with E-state index in [1.165, 1.54) is 60.9 Å². The molecule has 1 heterocycles. The van der Waals surface area contributed by atoms with E-state index in [0.29, 0.717) is 0 Å². The zero-order chi connectivity index (χ0) is 21.4. The highest BCUT2D eigenvalue weighted by Crippen LogP contribution is 2.22. The number of carboxylic acids is 2. The minimum Gasteiger partial charge on any atom is -0.480 e. The molecule has 10 N–H and O–H groups in total. The van der Waals surface area contributed by atoms with Gasteiger partial charge in [0.15, 0.2) is 0 Å². The molecule has 1 aliphatic heterocycles. The largest absolute Gasteiger partial charge is 0.480 e. The van der Waals surface area contributed by atoms with Crippen LogP contribution in [0.15, 0.2) is 0 Å². The fourth-order valence-corrected chi connectivity index (χ4v) is 4.48. The van der Waals surface area contributed by atoms with E-state index in [1.54, 1.807) is 0 Å². The van der Waals surface area contributed by atoms with Crippen molar-refractivity contribution < 1.29 is 19.8 Å². The van der Waals surface area contributed by atoms with Crippen molar-refractivity contribution in [1.82, 2.24) is 9.80 Å². The van der Waals surface area contributed by atoms with E-state index < -0.39 is 24.0 Å². The van der Waals surface area contributed by atoms with Gasteiger partial charge in [-0.25, -0.2) is 0 Å². The Kier molecular flexibility index (Phi) is 16.9. The van der Waals surface area contributed by atoms with Crippen LogP contribution in [-0.4, -0.2) is 108 Å². The van der Waals surface area contributed by atoms with Crippen LogP contribution in [0.25, 0.3) is 0 Å². The number of hydrogen-bond acceptors (Lipinski definition) is 10. The fraction of sp³-hybridized carbons (Fsp3) is 0.875. The van der Waals surface area contributed by atoms with Crippen molar-refractivity contribution in [2.24, 2.45) is 22.9 Å². The molecule has 0 saturated carbocycles. The maximum Gasteiger partial charge on any atom is 0.321 e. The third-order valence-corrected chi connectivity index (χ3v) is 6.51. The van der Waals surface area contributed by atoms with Crippen LogP contribution < -0.4 is 22.9 Å². The smallest absolute Gasteiger partial charge is 0.321 e. The van der Waals surface area contributed by atoms with Crippen molar-refractivity contribution in [3.05, 3.63) is 0 Å². The van der Waals surface area contributed by atoms with Gasteiger partial charge in [0.1, 0.15) is 12.1 Å². The zero-order valence-corrected chi connectivity index (χ0v) is 18.0. The lowest BCUT2D eigenvalue weighted by molar-refractivity contribution is -0.138. The Morgan fingerprint density at radius 3 is 1.36 bits per heavy atom. The molecule has 1 rings (SSSR count). The molecule has 0 aromatic heterocycles. The predicted octanol–water partition coefficient (Wildman–Crippen LogP) is -1.51. The first-order valence-corrected chi connectivity index (χ1v) is 11.9. The molecular formula is C16H36N6O4S2. The molecule has 166 valence electrons. The lowest BCUT2D eigenvalue weighted by Crippen LogP contribution is -2.47. The van der Waals surface area contributed by atoms with Crippen LogP contribution in [-0.2, 0) is 9.59 Å². The average Bonchev–Trinajstić information content (AvgIpc) is 2.68. The van der Waals surface area contributed by atoms with Gasteiger partial charge in [-0.1, -0.05) is 21.6 Å². The summed E-state index contributed by atoms with van der Waals surface area (Å²) < 4.78 is 0. The molecule has 1 fully saturated rings. The number of aliphatic carboxylic acids is 2. The zero-order valence-electron chi connectivity index (χ0n) is 16.4. The molecule has 0 bridgehead atoms. The summed E-state index contributed by atoms with van der Waals surface area (Å²) in [4.78, 5) is 25.5. The maximum atomic E-state index is 10.3. The number of nitrogens with zero attached hydrogens (tertiary/aromatic N) is 2. The molecule has 0 aromatic rings. The van der Waals surface area contributed by atoms with Crippen molar-refractivity contribution in [2.75, 3.05) is 63.9 Å². The Balaban J connectivity index is 0.000000521. The second-order valence-electron chi connectivity index (χ2n) is 6.43. The summed E-state index contributed by atoms with van der Waals surface area (Å²) >= 11 is 0. The van der Waals surface area contributed by atoms with Crippen LogP contribution >= 0.6 is 21.6 Å². The summed E-state index contributed by atoms with van der Waals surface area (Å²) in [7, 11) is 2.41. The van der Waals surface area contributed by atoms with Gasteiger partial charge >= 0.3 is 11.9 Å². The average molecular weight is 441 g/mol. The van der Waals surface area contributed by atoms with E-state index >= 15 is 0 Å². The van der Waals surface area contributed by atoms with Gasteiger partial charge in [-0.15, -0.1) is 0 Å². The molecule has 28 heavy (non-hydrogen) atoms. The van der Waals surface area contributed by atoms with E-state index in [1.807, 2.05) is 0 Å². The highest BCUT2D eigenvalue weighted by atomic mass is 33.1. The molecule has 1 saturated heterocycles. The number of carbonyl (C=O) groups is 2. The summed E-state index contributed by atoms with van der Waals surface area (Å²) in [5.74, 6) is -1.68. The van der Waals surface area contributed by atoms with Gasteiger partial charge in [0, 0.05) is 37.7 Å². The van der Waals surface area contributed by atoms with Gasteiger partial charge in [0.25, 0.3) is 0 Å². The van der Waals surface area contributed by atoms with Crippen LogP contribution in [0, 0.1) is 0 Å². The van der Waals surface area contributed by atoms with Crippen molar-refractivity contribution in [1.29, 1.82) is 0 Å². The van der Waals surface area contributed by atoms with Gasteiger partial charge in [0.2, 0.25) is 0 Å². The summed E-state index contributed by atoms with van der Waals surface area (Å²) in [6.45, 7) is 8.76. The van der Waals surface area contributed by atoms with Crippen LogP contribution in [0.3, 0.4) is 0 Å². The Bertz CT molecular complexity index is 390. The minimum absolute atomic E-state index is 0.229. The number of carboxylic acid groups (broad SMARTS) is 2. The highest BCUT2D eigenvalue weighted by molar-refractivity contribution is 8.76. The maximum absolute atomic E-state index is 10.3. The summed E-state index contributed by atoms with van der Waals surface area (Å²) in [6.07, 6.45) is 2.26. The number of piperazine rings is 1. The quantitative estimate of drug-likeness (QED) is 0.144. The summed E-state index contributed by atoms with van der Waals surface area (Å²) in [5.41, 5.74) is 21.4. The van der Waals surface area contributed by atoms with E-state index in [9.17, 15) is 9.59 Å². The monoisotopic (exact) mass is 440 g/mol. The standard InChI is InChI=1S/C10H24N4.C6H12N2O4S2/c11-3-1-5-13-7-9-14(10-8-13)6-2-4-12;7-3(5(9)10)1-13-14-2-4(8)6(11)12/h1-12H2;3-4H,1-2,7-8H2,(H,9,10)(H,11,12)/t;3-,4-/m.0/s1. The third-order valence-electron chi connectivity index (χ3n) is 4.03. The van der Waals surface area contributed by atoms with Crippen LogP contribution in [0.1, 0.15) is 12.8 Å². The van der Waals surface area contributed by atoms with Gasteiger partial charge < -0.3 is 42.9 Å². The molecule has 0 aliphatic carbocycles. The number of rotatable bonds is 13. The second-order valence-corrected chi connectivity index (χ2v) is 8.98. The minimum atomic E-state index is -1.07. The van der Waals surface area contributed by atoms with Gasteiger partial charge in [-0.2, -0.15) is 0 Å². The van der Waals surface area contributed by atoms with Crippen molar-refractivity contribution in [3.63, 3.8) is 0 Å². The van der Waals surface area contributed by atoms with E-state index in [-0.39, 0.29) is 11.5 Å². The molecule has 0 unspecified atom stereocenters. The molecule has 10 nitrogen and oxygen atoms in total. The Hall–Kier alpha value is -0.600. The Labute approximate surface area is 175 Å². The number of hydrogen-bond donors (Lipinski definition) is 6. The second kappa shape index (κ2) is 17.3. The summed E-state index contributed by atoms with van der Waals surface area (Å²) in [5, 5.41) is 16.8. The normalized spacial score (nSPS) is 17.4. The first-order valence-electron chi connectivity index (χ1n) is 9.37. The molecule has 1 aliphatic rings. The lowest BCUT2D eigenvalue weighted by atomic mass is 10.2. The molecular weight excluding hydrogens is 404 g/mol. The Morgan fingerprint density at radius 1 is 0.786 bits per heavy atom. The molecule has 2 atom stereocenters. The van der Waals surface area contributed by atoms with Crippen LogP contribution in [0.2, 0.25) is 0 Å². The van der Waals surface area contributed by atoms with Crippen LogP contribution in [0.4, 0.5) is 0 Å². The number of nitrogens with two attached hydrogens (primary N) is 4. The van der Waals surface area contributed by atoms with E-state index in [0.717, 1.165) is 25.9 Å². The topological polar surface area (TPSA) is 185 Å². The first-order chi connectivity index (χ1) is 13.3. The molecule has 12 heteroatoms. The van der Waals surface area contributed by atoms with Crippen molar-refractivity contribution in [3.8, 4) is 0 Å². The van der Waals surface area contributed by atoms with Gasteiger partial charge in [-0.05, 0) is 39.0 Å². The van der Waals surface area contributed by atoms with Crippen LogP contribution in [0.5, 0.6) is 0 Å². The van der Waals surface area contributed by atoms with Crippen molar-refractivity contribution >= 4 is 33.5 Å². The third kappa shape index (κ3) is 14.4. The van der Waals surface area contributed by atoms with Crippen molar-refractivity contribution in [2.45, 2.75) is 24.9 Å².